The van der Waals surface area contributed by atoms with Gasteiger partial charge in [0, 0.05) is 60.5 Å². The van der Waals surface area contributed by atoms with E-state index in [4.69, 9.17) is 13.5 Å². The van der Waals surface area contributed by atoms with Gasteiger partial charge in [-0.25, -0.2) is 4.98 Å². The van der Waals surface area contributed by atoms with Crippen molar-refractivity contribution in [3.05, 3.63) is 115 Å². The van der Waals surface area contributed by atoms with Gasteiger partial charge in [-0.1, -0.05) is 34.6 Å². The van der Waals surface area contributed by atoms with Crippen molar-refractivity contribution in [1.82, 2.24) is 25.1 Å². The van der Waals surface area contributed by atoms with Crippen molar-refractivity contribution in [2.75, 3.05) is 23.7 Å². The summed E-state index contributed by atoms with van der Waals surface area (Å²) in [4.78, 5) is 60.7. The molecule has 5 heterocycles. The van der Waals surface area contributed by atoms with Gasteiger partial charge in [-0.2, -0.15) is 0 Å². The number of carbonyl (C=O) groups is 4. The first-order valence-corrected chi connectivity index (χ1v) is 18.9. The van der Waals surface area contributed by atoms with Crippen molar-refractivity contribution in [3.63, 3.8) is 0 Å². The lowest BCUT2D eigenvalue weighted by molar-refractivity contribution is -0.117. The molecule has 7 aromatic rings. The van der Waals surface area contributed by atoms with E-state index in [1.54, 1.807) is 52.4 Å². The van der Waals surface area contributed by atoms with Crippen molar-refractivity contribution in [1.29, 1.82) is 0 Å². The first-order valence-electron chi connectivity index (χ1n) is 18.9. The molecule has 3 aromatic heterocycles. The number of carbonyl (C=O) groups excluding carboxylic acids is 4. The van der Waals surface area contributed by atoms with E-state index in [9.17, 15) is 19.2 Å². The van der Waals surface area contributed by atoms with E-state index in [2.05, 4.69) is 25.9 Å². The van der Waals surface area contributed by atoms with Crippen LogP contribution in [0.25, 0.3) is 44.6 Å². The third-order valence-electron chi connectivity index (χ3n) is 10.6. The lowest BCUT2D eigenvalue weighted by Gasteiger charge is -2.23. The van der Waals surface area contributed by atoms with Gasteiger partial charge in [0.15, 0.2) is 5.76 Å². The van der Waals surface area contributed by atoms with Gasteiger partial charge in [0.1, 0.15) is 11.0 Å². The van der Waals surface area contributed by atoms with Crippen LogP contribution in [0.3, 0.4) is 0 Å². The number of nitrogens with zero attached hydrogens (tertiary/aromatic N) is 5. The van der Waals surface area contributed by atoms with Crippen LogP contribution in [0, 0.1) is 0 Å². The van der Waals surface area contributed by atoms with E-state index >= 15 is 0 Å². The first-order chi connectivity index (χ1) is 27.9. The van der Waals surface area contributed by atoms with E-state index in [0.29, 0.717) is 57.9 Å². The molecule has 57 heavy (non-hydrogen) atoms. The molecule has 2 aliphatic heterocycles. The second-order valence-electron chi connectivity index (χ2n) is 14.3. The standard InChI is InChI=1S/C43H37N7O7/c51-37(23-30-7-5-21-49(30)42(53)39-32-9-1-3-11-34(32)47-56-39)45-28-17-13-26(14-18-28)36-25-44-41(55-36)27-15-19-29(20-16-27)46-38(52)24-31-8-6-22-50(31)43(54)40-33-10-2-4-12-35(33)48-57-40/h1-4,9-20,25,30-31H,5-8,21-24H2,(H,45,51)(H,46,52)/t30-,31-/m0/s1. The van der Waals surface area contributed by atoms with Crippen LogP contribution in [0.15, 0.2) is 117 Å². The molecule has 0 bridgehead atoms. The average molecular weight is 764 g/mol. The minimum absolute atomic E-state index is 0.160. The Morgan fingerprint density at radius 1 is 0.614 bits per heavy atom. The molecule has 14 nitrogen and oxygen atoms in total. The molecule has 286 valence electrons. The summed E-state index contributed by atoms with van der Waals surface area (Å²) in [6, 6.07) is 28.5. The van der Waals surface area contributed by atoms with Gasteiger partial charge in [0.05, 0.1) is 17.0 Å². The molecule has 4 aromatic carbocycles. The Labute approximate surface area is 325 Å². The number of nitrogens with one attached hydrogen (secondary N) is 2. The first kappa shape index (κ1) is 35.6. The van der Waals surface area contributed by atoms with E-state index in [0.717, 1.165) is 36.8 Å². The number of hydrogen-bond acceptors (Lipinski definition) is 10. The molecule has 14 heteroatoms. The number of hydrogen-bond donors (Lipinski definition) is 2. The van der Waals surface area contributed by atoms with Crippen LogP contribution in [-0.4, -0.2) is 73.9 Å². The average Bonchev–Trinajstić information content (AvgIpc) is 4.08. The SMILES string of the molecule is O=C(C[C@@H]1CCCN1C(=O)c1onc2ccccc12)Nc1ccc(-c2cnc(-c3ccc(NC(=O)C[C@@H]4CCCN4C(=O)c4onc5ccccc45)cc3)o2)cc1. The van der Waals surface area contributed by atoms with Crippen molar-refractivity contribution in [2.24, 2.45) is 0 Å². The van der Waals surface area contributed by atoms with Crippen molar-refractivity contribution < 1.29 is 32.6 Å². The summed E-state index contributed by atoms with van der Waals surface area (Å²) in [5, 5.41) is 15.2. The molecule has 4 amide bonds. The molecule has 0 unspecified atom stereocenters. The van der Waals surface area contributed by atoms with Crippen molar-refractivity contribution in [3.8, 4) is 22.8 Å². The number of anilines is 2. The summed E-state index contributed by atoms with van der Waals surface area (Å²) in [6.45, 7) is 1.10. The topological polar surface area (TPSA) is 177 Å². The zero-order valence-electron chi connectivity index (χ0n) is 30.7. The quantitative estimate of drug-likeness (QED) is 0.141. The molecule has 0 radical (unpaired) electrons. The predicted octanol–water partition coefficient (Wildman–Crippen LogP) is 7.56. The van der Waals surface area contributed by atoms with E-state index in [1.165, 1.54) is 0 Å². The summed E-state index contributed by atoms with van der Waals surface area (Å²) >= 11 is 0. The summed E-state index contributed by atoms with van der Waals surface area (Å²) in [5.74, 6) is 0.456. The number of likely N-dealkylation sites (tertiary alicyclic amines) is 2. The third kappa shape index (κ3) is 7.24. The fourth-order valence-electron chi connectivity index (χ4n) is 7.79. The van der Waals surface area contributed by atoms with Crippen molar-refractivity contribution in [2.45, 2.75) is 50.6 Å². The molecule has 2 atom stereocenters. The van der Waals surface area contributed by atoms with Gasteiger partial charge in [-0.05, 0) is 98.5 Å². The van der Waals surface area contributed by atoms with E-state index in [1.807, 2.05) is 60.7 Å². The minimum atomic E-state index is -0.257. The fourth-order valence-corrected chi connectivity index (χ4v) is 7.79. The van der Waals surface area contributed by atoms with Gasteiger partial charge in [0.2, 0.25) is 29.2 Å². The molecular weight excluding hydrogens is 727 g/mol. The maximum Gasteiger partial charge on any atom is 0.293 e. The molecule has 2 aliphatic rings. The lowest BCUT2D eigenvalue weighted by Crippen LogP contribution is -2.37. The smallest absolute Gasteiger partial charge is 0.293 e. The molecule has 0 saturated carbocycles. The summed E-state index contributed by atoms with van der Waals surface area (Å²) < 4.78 is 16.9. The van der Waals surface area contributed by atoms with Crippen LogP contribution < -0.4 is 10.6 Å². The molecule has 2 fully saturated rings. The predicted molar refractivity (Wildman–Crippen MR) is 210 cm³/mol. The third-order valence-corrected chi connectivity index (χ3v) is 10.6. The highest BCUT2D eigenvalue weighted by Crippen LogP contribution is 2.31. The second kappa shape index (κ2) is 15.2. The molecule has 2 saturated heterocycles. The van der Waals surface area contributed by atoms with Crippen LogP contribution in [0.1, 0.15) is 59.6 Å². The van der Waals surface area contributed by atoms with Crippen LogP contribution in [-0.2, 0) is 9.59 Å². The number of rotatable bonds is 10. The Hall–Kier alpha value is -7.09. The van der Waals surface area contributed by atoms with Crippen molar-refractivity contribution >= 4 is 56.8 Å². The number of amides is 4. The molecule has 9 rings (SSSR count). The number of benzene rings is 4. The van der Waals surface area contributed by atoms with E-state index < -0.39 is 0 Å². The highest BCUT2D eigenvalue weighted by Gasteiger charge is 2.35. The zero-order chi connectivity index (χ0) is 38.9. The monoisotopic (exact) mass is 763 g/mol. The Morgan fingerprint density at radius 3 is 1.60 bits per heavy atom. The van der Waals surface area contributed by atoms with Gasteiger partial charge in [-0.3, -0.25) is 19.2 Å². The summed E-state index contributed by atoms with van der Waals surface area (Å²) in [5.41, 5.74) is 3.98. The van der Waals surface area contributed by atoms with E-state index in [-0.39, 0.29) is 60.1 Å². The maximum atomic E-state index is 13.3. The molecule has 0 spiro atoms. The number of oxazole rings is 1. The number of fused-ring (bicyclic) bond motifs is 2. The lowest BCUT2D eigenvalue weighted by atomic mass is 10.1. The zero-order valence-corrected chi connectivity index (χ0v) is 30.7. The van der Waals surface area contributed by atoms with Crippen LogP contribution in [0.5, 0.6) is 0 Å². The molecule has 0 aliphatic carbocycles. The Morgan fingerprint density at radius 2 is 1.09 bits per heavy atom. The van der Waals surface area contributed by atoms with Crippen LogP contribution in [0.4, 0.5) is 11.4 Å². The minimum Gasteiger partial charge on any atom is -0.436 e. The van der Waals surface area contributed by atoms with Gasteiger partial charge in [0.25, 0.3) is 11.8 Å². The van der Waals surface area contributed by atoms with Crippen LogP contribution >= 0.6 is 0 Å². The highest BCUT2D eigenvalue weighted by molar-refractivity contribution is 6.05. The summed E-state index contributed by atoms with van der Waals surface area (Å²) in [6.07, 6.45) is 5.01. The summed E-state index contributed by atoms with van der Waals surface area (Å²) in [7, 11) is 0. The van der Waals surface area contributed by atoms with Gasteiger partial charge < -0.3 is 33.9 Å². The molecular formula is C43H37N7O7. The largest absolute Gasteiger partial charge is 0.436 e. The van der Waals surface area contributed by atoms with Crippen LogP contribution in [0.2, 0.25) is 0 Å². The normalized spacial score (nSPS) is 16.7. The molecule has 2 N–H and O–H groups in total. The fraction of sp³-hybridized carbons (Fsp3) is 0.233. The Balaban J connectivity index is 0.773. The maximum absolute atomic E-state index is 13.3. The Bertz CT molecular complexity index is 2430. The van der Waals surface area contributed by atoms with Gasteiger partial charge >= 0.3 is 0 Å². The second-order valence-corrected chi connectivity index (χ2v) is 14.3. The van der Waals surface area contributed by atoms with Gasteiger partial charge in [-0.15, -0.1) is 0 Å². The Kier molecular flexibility index (Phi) is 9.50. The highest BCUT2D eigenvalue weighted by atomic mass is 16.5. The number of aromatic nitrogens is 3.